The minimum atomic E-state index is -0.0465. The van der Waals surface area contributed by atoms with Crippen LogP contribution in [0.2, 0.25) is 0 Å². The Bertz CT molecular complexity index is 709. The molecular weight excluding hydrogens is 348 g/mol. The van der Waals surface area contributed by atoms with Crippen molar-refractivity contribution >= 4 is 11.5 Å². The van der Waals surface area contributed by atoms with Gasteiger partial charge in [-0.05, 0) is 80.6 Å². The first-order valence-corrected chi connectivity index (χ1v) is 11.5. The summed E-state index contributed by atoms with van der Waals surface area (Å²) in [6, 6.07) is 0. The van der Waals surface area contributed by atoms with Crippen LogP contribution in [0.25, 0.3) is 0 Å². The van der Waals surface area contributed by atoms with Gasteiger partial charge >= 0.3 is 0 Å². The highest BCUT2D eigenvalue weighted by atomic mass is 16.6. The van der Waals surface area contributed by atoms with E-state index in [4.69, 9.17) is 4.84 Å². The molecule has 0 aromatic heterocycles. The number of nitrogens with one attached hydrogen (secondary N) is 1. The van der Waals surface area contributed by atoms with Gasteiger partial charge in [0.2, 0.25) is 0 Å². The van der Waals surface area contributed by atoms with Gasteiger partial charge in [0.05, 0.1) is 5.71 Å². The van der Waals surface area contributed by atoms with Crippen LogP contribution in [0.1, 0.15) is 71.6 Å². The van der Waals surface area contributed by atoms with E-state index in [-0.39, 0.29) is 11.5 Å². The molecule has 1 saturated heterocycles. The maximum Gasteiger partial charge on any atom is 0.141 e. The predicted molar refractivity (Wildman–Crippen MR) is 111 cm³/mol. The van der Waals surface area contributed by atoms with Crippen molar-refractivity contribution in [3.63, 3.8) is 0 Å². The van der Waals surface area contributed by atoms with Gasteiger partial charge in [-0.15, -0.1) is 0 Å². The number of hydrogen-bond acceptors (Lipinski definition) is 4. The molecule has 154 valence electrons. The summed E-state index contributed by atoms with van der Waals surface area (Å²) in [4.78, 5) is 18.5. The van der Waals surface area contributed by atoms with E-state index in [1.54, 1.807) is 0 Å². The molecule has 0 radical (unpaired) electrons. The van der Waals surface area contributed by atoms with Gasteiger partial charge in [-0.2, -0.15) is 0 Å². The van der Waals surface area contributed by atoms with Gasteiger partial charge in [0.1, 0.15) is 11.9 Å². The number of nitrogens with zero attached hydrogens (tertiary/aromatic N) is 1. The summed E-state index contributed by atoms with van der Waals surface area (Å²) < 4.78 is 0. The lowest BCUT2D eigenvalue weighted by Gasteiger charge is -2.60. The number of Topliss-reactive ketones (excluding diaryl/α,β-unsaturated/α-hetero) is 1. The molecule has 28 heavy (non-hydrogen) atoms. The molecule has 0 aromatic carbocycles. The smallest absolute Gasteiger partial charge is 0.141 e. The van der Waals surface area contributed by atoms with Crippen LogP contribution >= 0.6 is 0 Å². The summed E-state index contributed by atoms with van der Waals surface area (Å²) in [5, 5.41) is 7.93. The number of rotatable bonds is 2. The van der Waals surface area contributed by atoms with Gasteiger partial charge in [0.25, 0.3) is 0 Å². The summed E-state index contributed by atoms with van der Waals surface area (Å²) in [6.07, 6.45) is 9.96. The lowest BCUT2D eigenvalue weighted by Crippen LogP contribution is -2.54. The van der Waals surface area contributed by atoms with E-state index in [0.29, 0.717) is 29.0 Å². The predicted octanol–water partition coefficient (Wildman–Crippen LogP) is 4.50. The summed E-state index contributed by atoms with van der Waals surface area (Å²) in [7, 11) is 0. The number of carbonyl (C=O) groups is 1. The van der Waals surface area contributed by atoms with E-state index >= 15 is 0 Å². The van der Waals surface area contributed by atoms with Crippen molar-refractivity contribution in [2.75, 3.05) is 13.1 Å². The number of allylic oxidation sites excluding steroid dienone is 1. The van der Waals surface area contributed by atoms with Gasteiger partial charge in [-0.1, -0.05) is 31.2 Å². The van der Waals surface area contributed by atoms with Gasteiger partial charge < -0.3 is 10.2 Å². The highest BCUT2D eigenvalue weighted by Gasteiger charge is 2.60. The maximum atomic E-state index is 12.6. The lowest BCUT2D eigenvalue weighted by molar-refractivity contribution is -0.134. The third-order valence-corrected chi connectivity index (χ3v) is 9.52. The van der Waals surface area contributed by atoms with E-state index in [9.17, 15) is 4.79 Å². The Morgan fingerprint density at radius 2 is 1.96 bits per heavy atom. The Labute approximate surface area is 169 Å². The number of oxime groups is 1. The van der Waals surface area contributed by atoms with Gasteiger partial charge in [0.15, 0.2) is 0 Å². The third kappa shape index (κ3) is 2.74. The molecule has 4 nitrogen and oxygen atoms in total. The number of fused-ring (bicyclic) bond motifs is 5. The second kappa shape index (κ2) is 6.68. The Kier molecular flexibility index (Phi) is 4.50. The zero-order valence-electron chi connectivity index (χ0n) is 17.6. The molecular formula is C24H36N2O2. The molecule has 0 bridgehead atoms. The minimum absolute atomic E-state index is 0.0465. The van der Waals surface area contributed by atoms with Crippen molar-refractivity contribution in [3.8, 4) is 0 Å². The van der Waals surface area contributed by atoms with Crippen molar-refractivity contribution < 1.29 is 9.63 Å². The lowest BCUT2D eigenvalue weighted by atomic mass is 9.44. The quantitative estimate of drug-likeness (QED) is 0.563. The van der Waals surface area contributed by atoms with E-state index < -0.39 is 0 Å². The first-order chi connectivity index (χ1) is 13.4. The first-order valence-electron chi connectivity index (χ1n) is 11.5. The molecule has 4 heteroatoms. The normalized spacial score (nSPS) is 49.6. The van der Waals surface area contributed by atoms with Gasteiger partial charge in [-0.3, -0.25) is 4.79 Å². The highest BCUT2D eigenvalue weighted by molar-refractivity contribution is 5.87. The Morgan fingerprint density at radius 1 is 1.11 bits per heavy atom. The van der Waals surface area contributed by atoms with E-state index in [1.807, 2.05) is 0 Å². The molecule has 1 aliphatic heterocycles. The molecule has 5 rings (SSSR count). The van der Waals surface area contributed by atoms with Crippen molar-refractivity contribution in [2.24, 2.45) is 39.7 Å². The van der Waals surface area contributed by atoms with Crippen LogP contribution in [0.15, 0.2) is 17.3 Å². The second-order valence-electron chi connectivity index (χ2n) is 10.8. The van der Waals surface area contributed by atoms with E-state index in [2.05, 4.69) is 30.9 Å². The van der Waals surface area contributed by atoms with Gasteiger partial charge in [-0.25, -0.2) is 0 Å². The second-order valence-corrected chi connectivity index (χ2v) is 10.8. The summed E-state index contributed by atoms with van der Waals surface area (Å²) in [5.74, 6) is 3.06. The zero-order chi connectivity index (χ0) is 19.5. The molecule has 5 aliphatic rings. The Morgan fingerprint density at radius 3 is 2.75 bits per heavy atom. The number of hydrogen-bond donors (Lipinski definition) is 1. The molecule has 7 atom stereocenters. The largest absolute Gasteiger partial charge is 0.391 e. The monoisotopic (exact) mass is 384 g/mol. The molecule has 1 unspecified atom stereocenters. The van der Waals surface area contributed by atoms with Crippen LogP contribution in [0.3, 0.4) is 0 Å². The fraction of sp³-hybridized carbons (Fsp3) is 0.833. The average molecular weight is 385 g/mol. The summed E-state index contributed by atoms with van der Waals surface area (Å²) >= 11 is 0. The first kappa shape index (κ1) is 18.8. The number of ketones is 1. The van der Waals surface area contributed by atoms with Crippen LogP contribution < -0.4 is 5.32 Å². The van der Waals surface area contributed by atoms with Crippen LogP contribution in [0.4, 0.5) is 0 Å². The highest BCUT2D eigenvalue weighted by Crippen LogP contribution is 2.66. The maximum absolute atomic E-state index is 12.6. The van der Waals surface area contributed by atoms with E-state index in [1.165, 1.54) is 24.1 Å². The van der Waals surface area contributed by atoms with Crippen LogP contribution in [0.5, 0.6) is 0 Å². The van der Waals surface area contributed by atoms with Crippen LogP contribution in [0, 0.1) is 34.5 Å². The molecule has 5 fully saturated rings. The SMILES string of the molecule is C=C1C[C@@H]2[C@H](CC[C@]3(C)C(=O)CC[C@@H]23)[C@@]2(C)CCC(=NO[C@H]3CCNC3)CC12. The number of carbonyl (C=O) groups excluding carboxylic acids is 1. The van der Waals surface area contributed by atoms with E-state index in [0.717, 1.165) is 64.0 Å². The van der Waals surface area contributed by atoms with Crippen LogP contribution in [-0.2, 0) is 9.63 Å². The van der Waals surface area contributed by atoms with Crippen LogP contribution in [-0.4, -0.2) is 30.7 Å². The topological polar surface area (TPSA) is 50.7 Å². The molecule has 1 heterocycles. The third-order valence-electron chi connectivity index (χ3n) is 9.52. The standard InChI is InChI=1S/C24H36N2O2/c1-15-12-18-19-4-5-22(27)24(19,3)10-7-20(18)23(2)9-6-16(13-21(15)23)26-28-17-8-11-25-14-17/h17-21,25H,1,4-14H2,2-3H3/t17-,18-,19-,20-,21?,23+,24-/m0/s1. The van der Waals surface area contributed by atoms with Crippen molar-refractivity contribution in [1.29, 1.82) is 0 Å². The molecule has 4 saturated carbocycles. The zero-order valence-corrected chi connectivity index (χ0v) is 17.6. The van der Waals surface area contributed by atoms with Gasteiger partial charge in [0, 0.05) is 24.8 Å². The molecule has 0 aromatic rings. The fourth-order valence-electron chi connectivity index (χ4n) is 7.77. The molecule has 0 amide bonds. The molecule has 1 N–H and O–H groups in total. The fourth-order valence-corrected chi connectivity index (χ4v) is 7.77. The Hall–Kier alpha value is -1.16. The van der Waals surface area contributed by atoms with Crippen molar-refractivity contribution in [2.45, 2.75) is 77.7 Å². The molecule has 0 spiro atoms. The average Bonchev–Trinajstić information content (AvgIpc) is 3.29. The summed E-state index contributed by atoms with van der Waals surface area (Å²) in [6.45, 7) is 11.3. The van der Waals surface area contributed by atoms with Crippen molar-refractivity contribution in [3.05, 3.63) is 12.2 Å². The minimum Gasteiger partial charge on any atom is -0.391 e. The summed E-state index contributed by atoms with van der Waals surface area (Å²) in [5.41, 5.74) is 2.93. The molecule has 4 aliphatic carbocycles. The Balaban J connectivity index is 1.35. The van der Waals surface area contributed by atoms with Crippen molar-refractivity contribution in [1.82, 2.24) is 5.32 Å².